The van der Waals surface area contributed by atoms with E-state index in [4.69, 9.17) is 0 Å². The number of hydrogen-bond donors (Lipinski definition) is 0. The van der Waals surface area contributed by atoms with Gasteiger partial charge in [-0.1, -0.05) is 43.7 Å². The summed E-state index contributed by atoms with van der Waals surface area (Å²) in [5.74, 6) is 0.684. The Kier molecular flexibility index (Phi) is 6.02. The van der Waals surface area contributed by atoms with Gasteiger partial charge in [-0.2, -0.15) is 0 Å². The highest BCUT2D eigenvalue weighted by Crippen LogP contribution is 2.40. The Bertz CT molecular complexity index is 1700. The van der Waals surface area contributed by atoms with E-state index in [9.17, 15) is 9.59 Å². The minimum atomic E-state index is -0.415. The molecule has 0 fully saturated rings. The maximum absolute atomic E-state index is 13.3. The zero-order valence-electron chi connectivity index (χ0n) is 20.1. The maximum atomic E-state index is 13.3. The number of hydrogen-bond acceptors (Lipinski definition) is 8. The standard InChI is InChI=1S/C25H24N6O2S2/c1-13(2)10-31-20-19(24(32)30(5)25(31)33)23(29-15(4)28-20)35-22-18-17(11-34-21(18)26-12-27-22)16-8-6-14(3)7-9-16/h6-9,11-13H,10H2,1-5H3. The average molecular weight is 505 g/mol. The highest BCUT2D eigenvalue weighted by Gasteiger charge is 2.21. The van der Waals surface area contributed by atoms with Crippen molar-refractivity contribution in [1.29, 1.82) is 0 Å². The first-order valence-corrected chi connectivity index (χ1v) is 12.9. The molecule has 0 N–H and O–H groups in total. The molecule has 5 aromatic rings. The smallest absolute Gasteiger partial charge is 0.277 e. The van der Waals surface area contributed by atoms with Crippen LogP contribution in [0, 0.1) is 19.8 Å². The number of nitrogens with zero attached hydrogens (tertiary/aromatic N) is 6. The number of aryl methyl sites for hydroxylation is 2. The predicted octanol–water partition coefficient (Wildman–Crippen LogP) is 4.59. The third-order valence-electron chi connectivity index (χ3n) is 5.70. The van der Waals surface area contributed by atoms with Gasteiger partial charge in [-0.3, -0.25) is 13.9 Å². The molecule has 0 aliphatic rings. The monoisotopic (exact) mass is 504 g/mol. The van der Waals surface area contributed by atoms with Gasteiger partial charge in [0.2, 0.25) is 0 Å². The molecule has 0 aliphatic carbocycles. The summed E-state index contributed by atoms with van der Waals surface area (Å²) >= 11 is 2.86. The van der Waals surface area contributed by atoms with Gasteiger partial charge in [0.25, 0.3) is 5.56 Å². The Morgan fingerprint density at radius 1 is 1.00 bits per heavy atom. The third kappa shape index (κ3) is 4.17. The van der Waals surface area contributed by atoms with Gasteiger partial charge in [-0.15, -0.1) is 11.3 Å². The first-order valence-electron chi connectivity index (χ1n) is 11.2. The lowest BCUT2D eigenvalue weighted by molar-refractivity contribution is 0.498. The molecule has 178 valence electrons. The van der Waals surface area contributed by atoms with Crippen molar-refractivity contribution in [1.82, 2.24) is 29.1 Å². The van der Waals surface area contributed by atoms with E-state index in [-0.39, 0.29) is 11.6 Å². The fraction of sp³-hybridized carbons (Fsp3) is 0.280. The highest BCUT2D eigenvalue weighted by molar-refractivity contribution is 7.99. The summed E-state index contributed by atoms with van der Waals surface area (Å²) in [6.07, 6.45) is 1.53. The normalized spacial score (nSPS) is 11.7. The van der Waals surface area contributed by atoms with Gasteiger partial charge in [0, 0.05) is 24.5 Å². The van der Waals surface area contributed by atoms with E-state index in [1.165, 1.54) is 30.7 Å². The van der Waals surface area contributed by atoms with Crippen molar-refractivity contribution in [2.45, 2.75) is 44.3 Å². The van der Waals surface area contributed by atoms with Crippen LogP contribution in [0.5, 0.6) is 0 Å². The molecule has 1 aromatic carbocycles. The number of rotatable bonds is 5. The SMILES string of the molecule is Cc1ccc(-c2csc3ncnc(Sc4nc(C)nc5c4c(=O)n(C)c(=O)n5CC(C)C)c23)cc1. The largest absolute Gasteiger partial charge is 0.332 e. The summed E-state index contributed by atoms with van der Waals surface area (Å²) in [5, 5.41) is 4.50. The van der Waals surface area contributed by atoms with Crippen LogP contribution in [0.1, 0.15) is 25.2 Å². The van der Waals surface area contributed by atoms with E-state index >= 15 is 0 Å². The summed E-state index contributed by atoms with van der Waals surface area (Å²) < 4.78 is 2.70. The van der Waals surface area contributed by atoms with Crippen LogP contribution in [0.15, 0.2) is 55.6 Å². The van der Waals surface area contributed by atoms with Crippen molar-refractivity contribution in [3.8, 4) is 11.1 Å². The van der Waals surface area contributed by atoms with Crippen LogP contribution in [-0.2, 0) is 13.6 Å². The Hall–Kier alpha value is -3.37. The quantitative estimate of drug-likeness (QED) is 0.323. The lowest BCUT2D eigenvalue weighted by atomic mass is 10.1. The highest BCUT2D eigenvalue weighted by atomic mass is 32.2. The Morgan fingerprint density at radius 3 is 2.46 bits per heavy atom. The van der Waals surface area contributed by atoms with Crippen LogP contribution in [0.3, 0.4) is 0 Å². The van der Waals surface area contributed by atoms with Crippen molar-refractivity contribution < 1.29 is 0 Å². The molecule has 0 radical (unpaired) electrons. The van der Waals surface area contributed by atoms with Crippen molar-refractivity contribution in [2.75, 3.05) is 0 Å². The van der Waals surface area contributed by atoms with Crippen LogP contribution in [0.2, 0.25) is 0 Å². The number of aromatic nitrogens is 6. The zero-order valence-corrected chi connectivity index (χ0v) is 21.7. The van der Waals surface area contributed by atoms with Gasteiger partial charge in [0.05, 0.1) is 5.39 Å². The Labute approximate surface area is 209 Å². The molecule has 8 nitrogen and oxygen atoms in total. The average Bonchev–Trinajstić information content (AvgIpc) is 3.26. The predicted molar refractivity (Wildman–Crippen MR) is 140 cm³/mol. The van der Waals surface area contributed by atoms with Crippen molar-refractivity contribution >= 4 is 44.3 Å². The van der Waals surface area contributed by atoms with E-state index in [0.29, 0.717) is 33.5 Å². The molecule has 5 rings (SSSR count). The first kappa shape index (κ1) is 23.4. The lowest BCUT2D eigenvalue weighted by Gasteiger charge is -2.15. The fourth-order valence-electron chi connectivity index (χ4n) is 4.01. The first-order chi connectivity index (χ1) is 16.7. The minimum Gasteiger partial charge on any atom is -0.277 e. The van der Waals surface area contributed by atoms with Gasteiger partial charge in [-0.05, 0) is 37.1 Å². The molecular formula is C25H24N6O2S2. The van der Waals surface area contributed by atoms with Crippen LogP contribution in [0.4, 0.5) is 0 Å². The number of thiophene rings is 1. The fourth-order valence-corrected chi connectivity index (χ4v) is 6.04. The van der Waals surface area contributed by atoms with E-state index in [2.05, 4.69) is 56.5 Å². The molecule has 4 aromatic heterocycles. The topological polar surface area (TPSA) is 95.6 Å². The van der Waals surface area contributed by atoms with Crippen LogP contribution < -0.4 is 11.2 Å². The molecule has 0 saturated heterocycles. The van der Waals surface area contributed by atoms with Gasteiger partial charge < -0.3 is 0 Å². The zero-order chi connectivity index (χ0) is 24.9. The number of fused-ring (bicyclic) bond motifs is 2. The van der Waals surface area contributed by atoms with E-state index in [0.717, 1.165) is 25.9 Å². The van der Waals surface area contributed by atoms with Crippen LogP contribution in [0.25, 0.3) is 32.4 Å². The second kappa shape index (κ2) is 9.01. The van der Waals surface area contributed by atoms with Crippen LogP contribution >= 0.6 is 23.1 Å². The Balaban J connectivity index is 1.75. The van der Waals surface area contributed by atoms with Gasteiger partial charge in [-0.25, -0.2) is 24.7 Å². The molecule has 0 atom stereocenters. The van der Waals surface area contributed by atoms with E-state index < -0.39 is 5.56 Å². The summed E-state index contributed by atoms with van der Waals surface area (Å²) in [4.78, 5) is 45.2. The molecule has 0 amide bonds. The molecule has 4 heterocycles. The van der Waals surface area contributed by atoms with Gasteiger partial charge >= 0.3 is 5.69 Å². The van der Waals surface area contributed by atoms with Crippen molar-refractivity contribution in [3.05, 3.63) is 68.2 Å². The molecule has 0 saturated carbocycles. The lowest BCUT2D eigenvalue weighted by Crippen LogP contribution is -2.39. The number of benzene rings is 1. The molecule has 0 unspecified atom stereocenters. The third-order valence-corrected chi connectivity index (χ3v) is 7.58. The van der Waals surface area contributed by atoms with E-state index in [1.807, 2.05) is 13.8 Å². The molecule has 0 bridgehead atoms. The molecular weight excluding hydrogens is 480 g/mol. The summed E-state index contributed by atoms with van der Waals surface area (Å²) in [7, 11) is 1.49. The summed E-state index contributed by atoms with van der Waals surface area (Å²) in [6, 6.07) is 8.33. The van der Waals surface area contributed by atoms with Crippen LogP contribution in [-0.4, -0.2) is 29.1 Å². The maximum Gasteiger partial charge on any atom is 0.332 e. The van der Waals surface area contributed by atoms with Gasteiger partial charge in [0.15, 0.2) is 5.65 Å². The van der Waals surface area contributed by atoms with Gasteiger partial charge in [0.1, 0.15) is 32.4 Å². The second-order valence-electron chi connectivity index (χ2n) is 8.90. The summed E-state index contributed by atoms with van der Waals surface area (Å²) in [6.45, 7) is 8.32. The molecule has 10 heteroatoms. The summed E-state index contributed by atoms with van der Waals surface area (Å²) in [5.41, 5.74) is 2.86. The molecule has 0 spiro atoms. The van der Waals surface area contributed by atoms with E-state index in [1.54, 1.807) is 22.8 Å². The minimum absolute atomic E-state index is 0.198. The molecule has 0 aliphatic heterocycles. The molecule has 35 heavy (non-hydrogen) atoms. The van der Waals surface area contributed by atoms with Crippen molar-refractivity contribution in [2.24, 2.45) is 13.0 Å². The van der Waals surface area contributed by atoms with Crippen molar-refractivity contribution in [3.63, 3.8) is 0 Å². The Morgan fingerprint density at radius 2 is 1.74 bits per heavy atom. The second-order valence-corrected chi connectivity index (χ2v) is 10.7.